The summed E-state index contributed by atoms with van der Waals surface area (Å²) in [5.74, 6) is -0.351. The lowest BCUT2D eigenvalue weighted by atomic mass is 10.1. The normalized spacial score (nSPS) is 18.1. The van der Waals surface area contributed by atoms with E-state index in [2.05, 4.69) is 5.32 Å². The van der Waals surface area contributed by atoms with E-state index in [-0.39, 0.29) is 30.0 Å². The molecule has 8 nitrogen and oxygen atoms in total. The van der Waals surface area contributed by atoms with Crippen LogP contribution < -0.4 is 15.0 Å². The van der Waals surface area contributed by atoms with Gasteiger partial charge in [0.15, 0.2) is 6.61 Å². The second-order valence-electron chi connectivity index (χ2n) is 8.42. The molecule has 1 unspecified atom stereocenters. The Morgan fingerprint density at radius 1 is 1.06 bits per heavy atom. The number of amides is 2. The van der Waals surface area contributed by atoms with E-state index in [1.807, 2.05) is 37.3 Å². The molecule has 2 aromatic carbocycles. The first-order chi connectivity index (χ1) is 15.9. The van der Waals surface area contributed by atoms with Gasteiger partial charge in [-0.2, -0.15) is 4.31 Å². The molecule has 2 aromatic rings. The fourth-order valence-electron chi connectivity index (χ4n) is 4.20. The lowest BCUT2D eigenvalue weighted by Crippen LogP contribution is -2.45. The molecule has 0 radical (unpaired) electrons. The quantitative estimate of drug-likeness (QED) is 0.699. The molecule has 0 bridgehead atoms. The smallest absolute Gasteiger partial charge is 0.265 e. The van der Waals surface area contributed by atoms with Crippen molar-refractivity contribution in [2.75, 3.05) is 31.1 Å². The highest BCUT2D eigenvalue weighted by Gasteiger charge is 2.31. The van der Waals surface area contributed by atoms with Gasteiger partial charge >= 0.3 is 0 Å². The largest absolute Gasteiger partial charge is 0.482 e. The summed E-state index contributed by atoms with van der Waals surface area (Å²) in [6.07, 6.45) is 3.70. The van der Waals surface area contributed by atoms with Crippen LogP contribution >= 0.6 is 0 Å². The Bertz CT molecular complexity index is 1110. The van der Waals surface area contributed by atoms with Gasteiger partial charge in [-0.15, -0.1) is 0 Å². The summed E-state index contributed by atoms with van der Waals surface area (Å²) >= 11 is 0. The molecule has 0 spiro atoms. The average molecular weight is 472 g/mol. The van der Waals surface area contributed by atoms with Crippen molar-refractivity contribution in [3.05, 3.63) is 54.1 Å². The highest BCUT2D eigenvalue weighted by molar-refractivity contribution is 7.89. The number of nitrogens with one attached hydrogen (secondary N) is 1. The number of rotatable bonds is 6. The summed E-state index contributed by atoms with van der Waals surface area (Å²) in [5, 5.41) is 2.90. The second kappa shape index (κ2) is 9.93. The zero-order valence-corrected chi connectivity index (χ0v) is 19.5. The van der Waals surface area contributed by atoms with E-state index in [9.17, 15) is 18.0 Å². The molecule has 0 saturated carbocycles. The van der Waals surface area contributed by atoms with E-state index in [0.717, 1.165) is 31.2 Å². The summed E-state index contributed by atoms with van der Waals surface area (Å²) in [7, 11) is -3.70. The molecule has 4 rings (SSSR count). The van der Waals surface area contributed by atoms with Gasteiger partial charge in [-0.1, -0.05) is 43.2 Å². The maximum Gasteiger partial charge on any atom is 0.265 e. The van der Waals surface area contributed by atoms with Crippen LogP contribution in [0.2, 0.25) is 0 Å². The van der Waals surface area contributed by atoms with Crippen LogP contribution in [0.25, 0.3) is 0 Å². The number of hydrogen-bond acceptors (Lipinski definition) is 5. The van der Waals surface area contributed by atoms with Crippen LogP contribution in [0.3, 0.4) is 0 Å². The Morgan fingerprint density at radius 2 is 1.76 bits per heavy atom. The van der Waals surface area contributed by atoms with Gasteiger partial charge < -0.3 is 10.1 Å². The van der Waals surface area contributed by atoms with Gasteiger partial charge in [0.2, 0.25) is 15.9 Å². The van der Waals surface area contributed by atoms with Gasteiger partial charge in [-0.3, -0.25) is 14.5 Å². The van der Waals surface area contributed by atoms with E-state index < -0.39 is 15.9 Å². The number of ether oxygens (including phenoxy) is 1. The number of fused-ring (bicyclic) bond motifs is 1. The third kappa shape index (κ3) is 5.20. The number of carbonyl (C=O) groups excluding carboxylic acids is 2. The van der Waals surface area contributed by atoms with E-state index in [1.165, 1.54) is 21.3 Å². The number of benzene rings is 2. The minimum atomic E-state index is -3.70. The Kier molecular flexibility index (Phi) is 6.99. The van der Waals surface area contributed by atoms with Crippen LogP contribution in [0, 0.1) is 0 Å². The van der Waals surface area contributed by atoms with Gasteiger partial charge in [0.05, 0.1) is 16.6 Å². The Hall–Kier alpha value is -2.91. The maximum absolute atomic E-state index is 13.2. The Balaban J connectivity index is 1.55. The van der Waals surface area contributed by atoms with Gasteiger partial charge in [0.1, 0.15) is 12.3 Å². The molecular weight excluding hydrogens is 442 g/mol. The van der Waals surface area contributed by atoms with Crippen molar-refractivity contribution in [1.82, 2.24) is 9.62 Å². The standard InChI is InChI=1S/C24H29N3O5S/c1-18(19-9-5-4-6-10-19)25-23(28)16-27-21-15-20(11-12-22(21)32-17-24(27)29)33(30,31)26-13-7-2-3-8-14-26/h4-6,9-12,15,18H,2-3,7-8,13-14,16-17H2,1H3,(H,25,28). The minimum absolute atomic E-state index is 0.101. The second-order valence-corrected chi connectivity index (χ2v) is 10.4. The van der Waals surface area contributed by atoms with E-state index >= 15 is 0 Å². The number of anilines is 1. The lowest BCUT2D eigenvalue weighted by molar-refractivity contribution is -0.125. The van der Waals surface area contributed by atoms with Gasteiger partial charge in [0.25, 0.3) is 5.91 Å². The SMILES string of the molecule is CC(NC(=O)CN1C(=O)COc2ccc(S(=O)(=O)N3CCCCCC3)cc21)c1ccccc1. The average Bonchev–Trinajstić information content (AvgIpc) is 3.11. The molecule has 1 saturated heterocycles. The molecule has 0 aromatic heterocycles. The van der Waals surface area contributed by atoms with E-state index in [1.54, 1.807) is 6.07 Å². The molecule has 2 aliphatic rings. The van der Waals surface area contributed by atoms with Crippen LogP contribution in [-0.4, -0.2) is 50.8 Å². The van der Waals surface area contributed by atoms with Crippen LogP contribution in [-0.2, 0) is 19.6 Å². The van der Waals surface area contributed by atoms with Crippen molar-refractivity contribution in [2.24, 2.45) is 0 Å². The van der Waals surface area contributed by atoms with E-state index in [0.29, 0.717) is 24.5 Å². The maximum atomic E-state index is 13.2. The van der Waals surface area contributed by atoms with Crippen molar-refractivity contribution < 1.29 is 22.7 Å². The monoisotopic (exact) mass is 471 g/mol. The highest BCUT2D eigenvalue weighted by atomic mass is 32.2. The molecule has 9 heteroatoms. The Labute approximate surface area is 194 Å². The fourth-order valence-corrected chi connectivity index (χ4v) is 5.74. The molecule has 1 N–H and O–H groups in total. The van der Waals surface area contributed by atoms with Crippen molar-refractivity contribution in [3.8, 4) is 5.75 Å². The predicted molar refractivity (Wildman–Crippen MR) is 125 cm³/mol. The van der Waals surface area contributed by atoms with Crippen LogP contribution in [0.15, 0.2) is 53.4 Å². The molecule has 2 aliphatic heterocycles. The summed E-state index contributed by atoms with van der Waals surface area (Å²) in [4.78, 5) is 26.8. The lowest BCUT2D eigenvalue weighted by Gasteiger charge is -2.30. The van der Waals surface area contributed by atoms with Gasteiger partial charge in [0, 0.05) is 13.1 Å². The zero-order chi connectivity index (χ0) is 23.4. The summed E-state index contributed by atoms with van der Waals surface area (Å²) in [6, 6.07) is 13.8. The summed E-state index contributed by atoms with van der Waals surface area (Å²) in [6.45, 7) is 2.41. The van der Waals surface area contributed by atoms with Crippen molar-refractivity contribution in [1.29, 1.82) is 0 Å². The molecule has 2 heterocycles. The van der Waals surface area contributed by atoms with Gasteiger partial charge in [-0.05, 0) is 43.5 Å². The molecule has 2 amide bonds. The fraction of sp³-hybridized carbons (Fsp3) is 0.417. The van der Waals surface area contributed by atoms with E-state index in [4.69, 9.17) is 4.74 Å². The summed E-state index contributed by atoms with van der Waals surface area (Å²) < 4.78 is 33.5. The molecule has 1 fully saturated rings. The van der Waals surface area contributed by atoms with Gasteiger partial charge in [-0.25, -0.2) is 8.42 Å². The number of sulfonamides is 1. The van der Waals surface area contributed by atoms with Crippen LogP contribution in [0.5, 0.6) is 5.75 Å². The molecular formula is C24H29N3O5S. The highest BCUT2D eigenvalue weighted by Crippen LogP contribution is 2.35. The molecule has 1 atom stereocenters. The first-order valence-electron chi connectivity index (χ1n) is 11.3. The predicted octanol–water partition coefficient (Wildman–Crippen LogP) is 2.85. The van der Waals surface area contributed by atoms with Crippen LogP contribution in [0.4, 0.5) is 5.69 Å². The number of carbonyl (C=O) groups is 2. The van der Waals surface area contributed by atoms with Crippen LogP contribution in [0.1, 0.15) is 44.2 Å². The third-order valence-electron chi connectivity index (χ3n) is 6.05. The molecule has 0 aliphatic carbocycles. The number of hydrogen-bond donors (Lipinski definition) is 1. The Morgan fingerprint density at radius 3 is 2.45 bits per heavy atom. The third-order valence-corrected chi connectivity index (χ3v) is 7.95. The molecule has 33 heavy (non-hydrogen) atoms. The summed E-state index contributed by atoms with van der Waals surface area (Å²) in [5.41, 5.74) is 1.25. The first-order valence-corrected chi connectivity index (χ1v) is 12.7. The van der Waals surface area contributed by atoms with Crippen molar-refractivity contribution in [2.45, 2.75) is 43.5 Å². The number of nitrogens with zero attached hydrogens (tertiary/aromatic N) is 2. The van der Waals surface area contributed by atoms with Crippen molar-refractivity contribution >= 4 is 27.5 Å². The first kappa shape index (κ1) is 23.3. The molecule has 176 valence electrons. The zero-order valence-electron chi connectivity index (χ0n) is 18.7. The van der Waals surface area contributed by atoms with Crippen molar-refractivity contribution in [3.63, 3.8) is 0 Å². The topological polar surface area (TPSA) is 96.0 Å². The minimum Gasteiger partial charge on any atom is -0.482 e.